The Hall–Kier alpha value is -2.80. The van der Waals surface area contributed by atoms with Gasteiger partial charge in [-0.05, 0) is 17.6 Å². The van der Waals surface area contributed by atoms with Crippen LogP contribution in [0.15, 0.2) is 17.6 Å². The highest BCUT2D eigenvalue weighted by Crippen LogP contribution is 2.36. The predicted molar refractivity (Wildman–Crippen MR) is 97.8 cm³/mol. The topological polar surface area (TPSA) is 51.0 Å². The molecule has 32 heavy (non-hydrogen) atoms. The van der Waals surface area contributed by atoms with Crippen LogP contribution in [0, 0.1) is 0 Å². The molecule has 1 fully saturated rings. The SMILES string of the molecule is [B]/C(=C/n1nc(-c2cc(C(F)(F)F)c([B])c(C(F)(F)F)c2)nc1[B])C(=O)N1CC(F)(F)C1. The molecule has 1 aliphatic rings. The van der Waals surface area contributed by atoms with Crippen molar-refractivity contribution in [3.8, 4) is 11.4 Å². The molecule has 6 radical (unpaired) electrons. The molecule has 1 aromatic carbocycles. The van der Waals surface area contributed by atoms with E-state index in [0.717, 1.165) is 6.20 Å². The van der Waals surface area contributed by atoms with Crippen molar-refractivity contribution in [3.63, 3.8) is 0 Å². The van der Waals surface area contributed by atoms with Crippen LogP contribution in [0.2, 0.25) is 0 Å². The lowest BCUT2D eigenvalue weighted by atomic mass is 9.83. The highest BCUT2D eigenvalue weighted by Gasteiger charge is 2.46. The van der Waals surface area contributed by atoms with Crippen LogP contribution < -0.4 is 11.2 Å². The fourth-order valence-electron chi connectivity index (χ4n) is 2.83. The third kappa shape index (κ3) is 4.68. The lowest BCUT2D eigenvalue weighted by Crippen LogP contribution is -2.58. The molecular weight excluding hydrogens is 449 g/mol. The van der Waals surface area contributed by atoms with Crippen LogP contribution in [-0.4, -0.2) is 68.1 Å². The highest BCUT2D eigenvalue weighted by molar-refractivity contribution is 6.38. The van der Waals surface area contributed by atoms with Crippen LogP contribution in [0.1, 0.15) is 11.1 Å². The lowest BCUT2D eigenvalue weighted by Gasteiger charge is -2.38. The summed E-state index contributed by atoms with van der Waals surface area (Å²) in [5, 5.41) is 3.64. The number of hydrogen-bond donors (Lipinski definition) is 0. The number of alkyl halides is 8. The van der Waals surface area contributed by atoms with Gasteiger partial charge in [0.2, 0.25) is 5.91 Å². The number of nitrogens with zero attached hydrogens (tertiary/aromatic N) is 4. The van der Waals surface area contributed by atoms with Crippen LogP contribution in [0.25, 0.3) is 17.6 Å². The van der Waals surface area contributed by atoms with E-state index < -0.39 is 76.4 Å². The zero-order chi connectivity index (χ0) is 24.2. The Labute approximate surface area is 178 Å². The predicted octanol–water partition coefficient (Wildman–Crippen LogP) is 1.01. The van der Waals surface area contributed by atoms with E-state index in [1.54, 1.807) is 0 Å². The van der Waals surface area contributed by atoms with Crippen LogP contribution in [-0.2, 0) is 17.1 Å². The van der Waals surface area contributed by atoms with E-state index in [4.69, 9.17) is 23.5 Å². The van der Waals surface area contributed by atoms with Gasteiger partial charge in [-0.2, -0.15) is 26.3 Å². The van der Waals surface area contributed by atoms with Gasteiger partial charge in [0.1, 0.15) is 15.7 Å². The Morgan fingerprint density at radius 1 is 1.03 bits per heavy atom. The maximum Gasteiger partial charge on any atom is 0.415 e. The largest absolute Gasteiger partial charge is 0.415 e. The number of aromatic nitrogens is 3. The summed E-state index contributed by atoms with van der Waals surface area (Å²) in [7, 11) is 16.1. The van der Waals surface area contributed by atoms with E-state index in [1.165, 1.54) is 0 Å². The summed E-state index contributed by atoms with van der Waals surface area (Å²) in [6.45, 7) is -1.74. The summed E-state index contributed by atoms with van der Waals surface area (Å²) in [6, 6.07) is 0.619. The average molecular weight is 456 g/mol. The fourth-order valence-corrected chi connectivity index (χ4v) is 2.83. The average Bonchev–Trinajstić information content (AvgIpc) is 2.97. The van der Waals surface area contributed by atoms with Crippen LogP contribution in [0.5, 0.6) is 0 Å². The molecule has 2 heterocycles. The number of carbonyl (C=O) groups excluding carboxylic acids is 1. The molecule has 162 valence electrons. The molecule has 2 aromatic rings. The van der Waals surface area contributed by atoms with Gasteiger partial charge < -0.3 is 4.90 Å². The summed E-state index contributed by atoms with van der Waals surface area (Å²) < 4.78 is 106. The quantitative estimate of drug-likeness (QED) is 0.394. The number of rotatable bonds is 3. The van der Waals surface area contributed by atoms with Crippen LogP contribution in [0.4, 0.5) is 35.1 Å². The molecule has 1 saturated heterocycles. The van der Waals surface area contributed by atoms with Crippen LogP contribution in [0.3, 0.4) is 0 Å². The lowest BCUT2D eigenvalue weighted by molar-refractivity contribution is -0.161. The van der Waals surface area contributed by atoms with Crippen molar-refractivity contribution in [2.24, 2.45) is 0 Å². The van der Waals surface area contributed by atoms with Crippen molar-refractivity contribution in [1.29, 1.82) is 0 Å². The van der Waals surface area contributed by atoms with Gasteiger partial charge in [0.05, 0.1) is 18.8 Å². The Kier molecular flexibility index (Phi) is 5.71. The molecule has 0 N–H and O–H groups in total. The molecule has 5 nitrogen and oxygen atoms in total. The minimum Gasteiger partial charge on any atom is -0.327 e. The third-order valence-electron chi connectivity index (χ3n) is 4.35. The Bertz CT molecular complexity index is 1070. The first-order chi connectivity index (χ1) is 14.5. The monoisotopic (exact) mass is 456 g/mol. The van der Waals surface area contributed by atoms with Crippen molar-refractivity contribution >= 4 is 46.8 Å². The van der Waals surface area contributed by atoms with E-state index in [1.807, 2.05) is 0 Å². The number of hydrogen-bond acceptors (Lipinski definition) is 3. The van der Waals surface area contributed by atoms with E-state index in [2.05, 4.69) is 10.1 Å². The molecule has 1 amide bonds. The molecule has 16 heteroatoms. The third-order valence-corrected chi connectivity index (χ3v) is 4.35. The second kappa shape index (κ2) is 7.66. The number of carbonyl (C=O) groups is 1. The molecule has 1 aliphatic heterocycles. The number of likely N-dealkylation sites (tertiary alicyclic amines) is 1. The normalized spacial score (nSPS) is 16.8. The first kappa shape index (κ1) is 23.9. The zero-order valence-corrected chi connectivity index (χ0v) is 15.6. The first-order valence-electron chi connectivity index (χ1n) is 8.44. The van der Waals surface area contributed by atoms with Gasteiger partial charge in [-0.1, -0.05) is 5.46 Å². The Morgan fingerprint density at radius 3 is 1.97 bits per heavy atom. The maximum atomic E-state index is 13.2. The number of amides is 1. The summed E-state index contributed by atoms with van der Waals surface area (Å²) in [5.74, 6) is -4.72. The van der Waals surface area contributed by atoms with Crippen molar-refractivity contribution in [3.05, 3.63) is 28.7 Å². The van der Waals surface area contributed by atoms with E-state index >= 15 is 0 Å². The van der Waals surface area contributed by atoms with Crippen molar-refractivity contribution < 1.29 is 39.9 Å². The van der Waals surface area contributed by atoms with Crippen molar-refractivity contribution in [2.75, 3.05) is 13.1 Å². The minimum absolute atomic E-state index is 0.310. The first-order valence-corrected chi connectivity index (χ1v) is 8.44. The summed E-state index contributed by atoms with van der Waals surface area (Å²) in [4.78, 5) is 16.3. The van der Waals surface area contributed by atoms with Gasteiger partial charge in [-0.15, -0.1) is 5.10 Å². The van der Waals surface area contributed by atoms with Gasteiger partial charge in [-0.25, -0.2) is 18.4 Å². The van der Waals surface area contributed by atoms with Gasteiger partial charge in [0, 0.05) is 22.9 Å². The molecule has 0 unspecified atom stereocenters. The van der Waals surface area contributed by atoms with Gasteiger partial charge >= 0.3 is 12.4 Å². The fraction of sp³-hybridized carbons (Fsp3) is 0.312. The zero-order valence-electron chi connectivity index (χ0n) is 15.6. The summed E-state index contributed by atoms with van der Waals surface area (Å²) in [6.07, 6.45) is -9.69. The second-order valence-electron chi connectivity index (χ2n) is 6.82. The van der Waals surface area contributed by atoms with E-state index in [0.29, 0.717) is 21.7 Å². The summed E-state index contributed by atoms with van der Waals surface area (Å²) >= 11 is 0. The molecule has 0 aliphatic carbocycles. The van der Waals surface area contributed by atoms with E-state index in [-0.39, 0.29) is 0 Å². The number of halogens is 8. The molecular formula is C16H7B3F8N4O. The molecule has 0 bridgehead atoms. The standard InChI is InChI=1S/C16H7B3F8N4O/c17-9(12(32)30-4-14(20,21)5-30)3-31-13(19)28-11(29-31)6-1-7(15(22,23)24)10(18)8(2-6)16(25,26)27/h1-3H,4-5H2/b9-3+. The Morgan fingerprint density at radius 2 is 1.53 bits per heavy atom. The molecule has 0 atom stereocenters. The highest BCUT2D eigenvalue weighted by atomic mass is 19.4. The molecule has 0 spiro atoms. The van der Waals surface area contributed by atoms with E-state index in [9.17, 15) is 39.9 Å². The van der Waals surface area contributed by atoms with Crippen molar-refractivity contribution in [1.82, 2.24) is 19.7 Å². The molecule has 3 rings (SSSR count). The summed E-state index contributed by atoms with van der Waals surface area (Å²) in [5.41, 5.74) is -6.94. The minimum atomic E-state index is -5.22. The molecule has 0 saturated carbocycles. The van der Waals surface area contributed by atoms with Gasteiger partial charge in [0.25, 0.3) is 5.92 Å². The van der Waals surface area contributed by atoms with Gasteiger partial charge in [-0.3, -0.25) is 4.79 Å². The maximum absolute atomic E-state index is 13.2. The second-order valence-corrected chi connectivity index (χ2v) is 6.82. The van der Waals surface area contributed by atoms with Crippen LogP contribution >= 0.6 is 0 Å². The smallest absolute Gasteiger partial charge is 0.327 e. The molecule has 1 aromatic heterocycles. The van der Waals surface area contributed by atoms with Crippen molar-refractivity contribution in [2.45, 2.75) is 18.3 Å². The Balaban J connectivity index is 2.00. The van der Waals surface area contributed by atoms with Gasteiger partial charge in [0.15, 0.2) is 13.7 Å². The number of benzene rings is 1.